The lowest BCUT2D eigenvalue weighted by Gasteiger charge is -2.51. The minimum absolute atomic E-state index is 0.133. The van der Waals surface area contributed by atoms with Crippen LogP contribution < -0.4 is 0 Å². The van der Waals surface area contributed by atoms with Crippen molar-refractivity contribution in [3.8, 4) is 0 Å². The van der Waals surface area contributed by atoms with Gasteiger partial charge in [-0.05, 0) is 25.7 Å². The molecule has 11 heavy (non-hydrogen) atoms. The average molecular weight is 155 g/mol. The third-order valence-corrected chi connectivity index (χ3v) is 2.79. The highest BCUT2D eigenvalue weighted by Crippen LogP contribution is 2.38. The first-order valence-electron chi connectivity index (χ1n) is 4.19. The second-order valence-corrected chi connectivity index (χ2v) is 3.35. The van der Waals surface area contributed by atoms with Crippen LogP contribution in [0.5, 0.6) is 0 Å². The molecule has 3 rings (SSSR count). The van der Waals surface area contributed by atoms with Crippen LogP contribution in [0.15, 0.2) is 0 Å². The third kappa shape index (κ3) is 0.905. The van der Waals surface area contributed by atoms with Crippen LogP contribution in [0.3, 0.4) is 0 Å². The molecule has 2 aliphatic heterocycles. The smallest absolute Gasteiger partial charge is 0.409 e. The van der Waals surface area contributed by atoms with Crippen LogP contribution in [-0.4, -0.2) is 30.2 Å². The number of amides is 1. The van der Waals surface area contributed by atoms with E-state index in [4.69, 9.17) is 0 Å². The van der Waals surface area contributed by atoms with E-state index in [1.165, 1.54) is 32.8 Å². The van der Waals surface area contributed by atoms with Crippen LogP contribution >= 0.6 is 0 Å². The Morgan fingerprint density at radius 2 is 2.09 bits per heavy atom. The van der Waals surface area contributed by atoms with Crippen molar-refractivity contribution in [1.29, 1.82) is 0 Å². The molecule has 3 nitrogen and oxygen atoms in total. The van der Waals surface area contributed by atoms with E-state index < -0.39 is 0 Å². The van der Waals surface area contributed by atoms with E-state index in [1.807, 2.05) is 4.90 Å². The lowest BCUT2D eigenvalue weighted by Crippen LogP contribution is -2.60. The quantitative estimate of drug-likeness (QED) is 0.529. The van der Waals surface area contributed by atoms with Gasteiger partial charge in [0.15, 0.2) is 0 Å². The zero-order chi connectivity index (χ0) is 7.84. The number of hydrogen-bond donors (Lipinski definition) is 0. The number of rotatable bonds is 0. The standard InChI is InChI=1S/C8H13NO2/c1-11-8(10)9-6-3-2-4-7(9)5-6/h6-7H,2-5H2,1H3. The fourth-order valence-electron chi connectivity index (χ4n) is 2.21. The molecule has 2 heterocycles. The molecule has 1 aliphatic carbocycles. The summed E-state index contributed by atoms with van der Waals surface area (Å²) in [6.45, 7) is 0. The van der Waals surface area contributed by atoms with Gasteiger partial charge in [-0.3, -0.25) is 0 Å². The summed E-state index contributed by atoms with van der Waals surface area (Å²) in [5, 5.41) is 0. The molecule has 0 spiro atoms. The SMILES string of the molecule is COC(=O)N1C2CCCC1C2. The summed E-state index contributed by atoms with van der Waals surface area (Å²) in [5.41, 5.74) is 0. The fraction of sp³-hybridized carbons (Fsp3) is 0.875. The summed E-state index contributed by atoms with van der Waals surface area (Å²) < 4.78 is 4.68. The van der Waals surface area contributed by atoms with Crippen LogP contribution in [0.25, 0.3) is 0 Å². The molecule has 0 N–H and O–H groups in total. The Kier molecular flexibility index (Phi) is 1.51. The van der Waals surface area contributed by atoms with Crippen molar-refractivity contribution in [2.45, 2.75) is 37.8 Å². The Labute approximate surface area is 66.3 Å². The van der Waals surface area contributed by atoms with Crippen LogP contribution in [0.2, 0.25) is 0 Å². The van der Waals surface area contributed by atoms with Gasteiger partial charge in [-0.1, -0.05) is 0 Å². The van der Waals surface area contributed by atoms with Crippen molar-refractivity contribution in [2.24, 2.45) is 0 Å². The van der Waals surface area contributed by atoms with E-state index in [2.05, 4.69) is 4.74 Å². The Hall–Kier alpha value is -0.730. The van der Waals surface area contributed by atoms with E-state index >= 15 is 0 Å². The number of piperidine rings is 1. The van der Waals surface area contributed by atoms with E-state index in [0.29, 0.717) is 12.1 Å². The van der Waals surface area contributed by atoms with Crippen molar-refractivity contribution < 1.29 is 9.53 Å². The lowest BCUT2D eigenvalue weighted by molar-refractivity contribution is -0.0174. The summed E-state index contributed by atoms with van der Waals surface area (Å²) in [6, 6.07) is 1.00. The molecule has 2 bridgehead atoms. The normalized spacial score (nSPS) is 34.5. The van der Waals surface area contributed by atoms with Crippen LogP contribution in [0.1, 0.15) is 25.7 Å². The molecule has 3 aliphatic rings. The molecule has 0 radical (unpaired) electrons. The minimum atomic E-state index is -0.133. The number of ether oxygens (including phenoxy) is 1. The van der Waals surface area contributed by atoms with E-state index in [9.17, 15) is 4.79 Å². The third-order valence-electron chi connectivity index (χ3n) is 2.79. The summed E-state index contributed by atoms with van der Waals surface area (Å²) in [7, 11) is 1.45. The van der Waals surface area contributed by atoms with Gasteiger partial charge >= 0.3 is 6.09 Å². The number of fused-ring (bicyclic) bond motifs is 2. The Morgan fingerprint density at radius 3 is 2.55 bits per heavy atom. The molecule has 0 aromatic heterocycles. The van der Waals surface area contributed by atoms with Crippen molar-refractivity contribution in [1.82, 2.24) is 4.90 Å². The second-order valence-electron chi connectivity index (χ2n) is 3.35. The maximum absolute atomic E-state index is 11.1. The molecule has 2 saturated heterocycles. The summed E-state index contributed by atoms with van der Waals surface area (Å²) >= 11 is 0. The first-order chi connectivity index (χ1) is 5.33. The first-order valence-corrected chi connectivity index (χ1v) is 4.19. The molecule has 2 unspecified atom stereocenters. The maximum Gasteiger partial charge on any atom is 0.409 e. The zero-order valence-corrected chi connectivity index (χ0v) is 6.75. The molecule has 0 aromatic carbocycles. The largest absolute Gasteiger partial charge is 0.453 e. The molecule has 0 aromatic rings. The van der Waals surface area contributed by atoms with Crippen LogP contribution in [0.4, 0.5) is 4.79 Å². The minimum Gasteiger partial charge on any atom is -0.453 e. The molecule has 2 atom stereocenters. The molecular formula is C8H13NO2. The number of nitrogens with zero attached hydrogens (tertiary/aromatic N) is 1. The molecule has 1 amide bonds. The highest BCUT2D eigenvalue weighted by atomic mass is 16.5. The van der Waals surface area contributed by atoms with E-state index in [-0.39, 0.29) is 6.09 Å². The molecular weight excluding hydrogens is 142 g/mol. The van der Waals surface area contributed by atoms with Crippen molar-refractivity contribution in [2.75, 3.05) is 7.11 Å². The van der Waals surface area contributed by atoms with E-state index in [0.717, 1.165) is 0 Å². The van der Waals surface area contributed by atoms with Gasteiger partial charge < -0.3 is 9.64 Å². The molecule has 62 valence electrons. The topological polar surface area (TPSA) is 29.5 Å². The second kappa shape index (κ2) is 2.40. The fourth-order valence-corrected chi connectivity index (χ4v) is 2.21. The molecule has 3 fully saturated rings. The van der Waals surface area contributed by atoms with Gasteiger partial charge in [0.1, 0.15) is 0 Å². The number of carbonyl (C=O) groups is 1. The van der Waals surface area contributed by atoms with Gasteiger partial charge in [0.25, 0.3) is 0 Å². The zero-order valence-electron chi connectivity index (χ0n) is 6.75. The Morgan fingerprint density at radius 1 is 1.45 bits per heavy atom. The van der Waals surface area contributed by atoms with Crippen molar-refractivity contribution >= 4 is 6.09 Å². The van der Waals surface area contributed by atoms with Gasteiger partial charge in [-0.25, -0.2) is 4.79 Å². The van der Waals surface area contributed by atoms with Gasteiger partial charge in [0.2, 0.25) is 0 Å². The highest BCUT2D eigenvalue weighted by molar-refractivity contribution is 5.69. The predicted octanol–water partition coefficient (Wildman–Crippen LogP) is 1.38. The Balaban J connectivity index is 2.00. The summed E-state index contributed by atoms with van der Waals surface area (Å²) in [5.74, 6) is 0. The highest BCUT2D eigenvalue weighted by Gasteiger charge is 2.44. The van der Waals surface area contributed by atoms with Crippen LogP contribution in [0, 0.1) is 0 Å². The van der Waals surface area contributed by atoms with Gasteiger partial charge in [-0.15, -0.1) is 0 Å². The van der Waals surface area contributed by atoms with E-state index in [1.54, 1.807) is 0 Å². The lowest BCUT2D eigenvalue weighted by atomic mass is 9.80. The summed E-state index contributed by atoms with van der Waals surface area (Å²) in [6.07, 6.45) is 4.70. The number of carbonyl (C=O) groups excluding carboxylic acids is 1. The van der Waals surface area contributed by atoms with Gasteiger partial charge in [-0.2, -0.15) is 0 Å². The van der Waals surface area contributed by atoms with Crippen molar-refractivity contribution in [3.63, 3.8) is 0 Å². The average Bonchev–Trinajstić information content (AvgIpc) is 2.05. The van der Waals surface area contributed by atoms with Gasteiger partial charge in [0.05, 0.1) is 7.11 Å². The number of hydrogen-bond acceptors (Lipinski definition) is 2. The number of methoxy groups -OCH3 is 1. The maximum atomic E-state index is 11.1. The monoisotopic (exact) mass is 155 g/mol. The van der Waals surface area contributed by atoms with Gasteiger partial charge in [0, 0.05) is 12.1 Å². The molecule has 3 heteroatoms. The van der Waals surface area contributed by atoms with Crippen molar-refractivity contribution in [3.05, 3.63) is 0 Å². The molecule has 1 saturated carbocycles. The summed E-state index contributed by atoms with van der Waals surface area (Å²) in [4.78, 5) is 13.0. The Bertz CT molecular complexity index is 167. The predicted molar refractivity (Wildman–Crippen MR) is 40.3 cm³/mol. The first kappa shape index (κ1) is 6.95. The van der Waals surface area contributed by atoms with Crippen LogP contribution in [-0.2, 0) is 4.74 Å².